The van der Waals surface area contributed by atoms with Gasteiger partial charge in [-0.15, -0.1) is 0 Å². The Hall–Kier alpha value is -2.14. The van der Waals surface area contributed by atoms with Crippen LogP contribution in [0, 0.1) is 11.6 Å². The van der Waals surface area contributed by atoms with Gasteiger partial charge in [0.05, 0.1) is 6.04 Å². The Bertz CT molecular complexity index is 626. The summed E-state index contributed by atoms with van der Waals surface area (Å²) in [5.41, 5.74) is 7.22. The van der Waals surface area contributed by atoms with Gasteiger partial charge in [-0.2, -0.15) is 0 Å². The maximum Gasteiger partial charge on any atom is 0.127 e. The second-order valence-corrected chi connectivity index (χ2v) is 4.68. The van der Waals surface area contributed by atoms with Gasteiger partial charge in [0.2, 0.25) is 0 Å². The smallest absolute Gasteiger partial charge is 0.127 e. The Morgan fingerprint density at radius 1 is 1.15 bits per heavy atom. The molecule has 0 bridgehead atoms. The molecule has 0 fully saturated rings. The average Bonchev–Trinajstić information content (AvgIpc) is 2.77. The lowest BCUT2D eigenvalue weighted by Crippen LogP contribution is -2.10. The number of hydrogen-bond acceptors (Lipinski definition) is 3. The third-order valence-electron chi connectivity index (χ3n) is 3.13. The lowest BCUT2D eigenvalue weighted by molar-refractivity contribution is 0.299. The van der Waals surface area contributed by atoms with Crippen molar-refractivity contribution in [3.05, 3.63) is 59.2 Å². The van der Waals surface area contributed by atoms with Crippen LogP contribution in [-0.2, 0) is 6.61 Å². The van der Waals surface area contributed by atoms with E-state index in [1.165, 1.54) is 12.1 Å². The monoisotopic (exact) mass is 277 g/mol. The predicted octanol–water partition coefficient (Wildman–Crippen LogP) is 2.94. The van der Waals surface area contributed by atoms with Gasteiger partial charge in [0.15, 0.2) is 0 Å². The first-order valence-electron chi connectivity index (χ1n) is 6.22. The summed E-state index contributed by atoms with van der Waals surface area (Å²) in [7, 11) is 0. The van der Waals surface area contributed by atoms with E-state index in [9.17, 15) is 8.78 Å². The third-order valence-corrected chi connectivity index (χ3v) is 3.13. The van der Waals surface area contributed by atoms with E-state index in [0.717, 1.165) is 11.6 Å². The Morgan fingerprint density at radius 3 is 2.65 bits per heavy atom. The van der Waals surface area contributed by atoms with Gasteiger partial charge in [-0.3, -0.25) is 0 Å². The van der Waals surface area contributed by atoms with Gasteiger partial charge in [-0.1, -0.05) is 0 Å². The van der Waals surface area contributed by atoms with Crippen LogP contribution in [0.15, 0.2) is 36.4 Å². The fourth-order valence-corrected chi connectivity index (χ4v) is 2.17. The number of ether oxygens (including phenoxy) is 2. The largest absolute Gasteiger partial charge is 0.491 e. The van der Waals surface area contributed by atoms with Crippen molar-refractivity contribution < 1.29 is 18.3 Å². The van der Waals surface area contributed by atoms with Gasteiger partial charge in [0, 0.05) is 17.7 Å². The van der Waals surface area contributed by atoms with E-state index in [1.807, 2.05) is 6.07 Å². The molecule has 3 nitrogen and oxygen atoms in total. The van der Waals surface area contributed by atoms with Crippen molar-refractivity contribution in [3.63, 3.8) is 0 Å². The lowest BCUT2D eigenvalue weighted by Gasteiger charge is -2.08. The van der Waals surface area contributed by atoms with E-state index in [4.69, 9.17) is 15.2 Å². The predicted molar refractivity (Wildman–Crippen MR) is 69.6 cm³/mol. The van der Waals surface area contributed by atoms with Crippen LogP contribution < -0.4 is 15.2 Å². The molecule has 104 valence electrons. The number of hydrogen-bond donors (Lipinski definition) is 1. The number of nitrogens with two attached hydrogens (primary N) is 1. The summed E-state index contributed by atoms with van der Waals surface area (Å²) in [6.07, 6.45) is 0. The molecular weight excluding hydrogens is 264 g/mol. The Labute approximate surface area is 114 Å². The zero-order valence-corrected chi connectivity index (χ0v) is 10.6. The molecule has 0 aromatic heterocycles. The zero-order chi connectivity index (χ0) is 14.1. The van der Waals surface area contributed by atoms with Crippen LogP contribution in [0.4, 0.5) is 8.78 Å². The molecule has 2 aromatic carbocycles. The van der Waals surface area contributed by atoms with Crippen LogP contribution in [0.1, 0.15) is 17.2 Å². The van der Waals surface area contributed by atoms with E-state index < -0.39 is 11.6 Å². The molecule has 0 aliphatic carbocycles. The molecule has 1 unspecified atom stereocenters. The van der Waals surface area contributed by atoms with E-state index in [-0.39, 0.29) is 12.6 Å². The maximum absolute atomic E-state index is 13.0. The normalized spacial score (nSPS) is 16.6. The van der Waals surface area contributed by atoms with Gasteiger partial charge in [0.25, 0.3) is 0 Å². The summed E-state index contributed by atoms with van der Waals surface area (Å²) in [5, 5.41) is 0. The van der Waals surface area contributed by atoms with Gasteiger partial charge in [0.1, 0.15) is 36.3 Å². The summed E-state index contributed by atoms with van der Waals surface area (Å²) < 4.78 is 37.0. The highest BCUT2D eigenvalue weighted by Gasteiger charge is 2.20. The molecule has 1 aliphatic rings. The zero-order valence-electron chi connectivity index (χ0n) is 10.6. The average molecular weight is 277 g/mol. The minimum Gasteiger partial charge on any atom is -0.491 e. The lowest BCUT2D eigenvalue weighted by atomic mass is 10.1. The summed E-state index contributed by atoms with van der Waals surface area (Å²) in [4.78, 5) is 0. The molecule has 2 aromatic rings. The second kappa shape index (κ2) is 5.09. The third kappa shape index (κ3) is 2.58. The molecule has 1 atom stereocenters. The molecule has 0 saturated heterocycles. The highest BCUT2D eigenvalue weighted by molar-refractivity contribution is 5.44. The molecule has 1 aliphatic heterocycles. The maximum atomic E-state index is 13.0. The van der Waals surface area contributed by atoms with Crippen LogP contribution in [0.2, 0.25) is 0 Å². The molecule has 0 radical (unpaired) electrons. The SMILES string of the molecule is NC1COc2cc(OCc3cc(F)cc(F)c3)ccc21. The van der Waals surface area contributed by atoms with Crippen molar-refractivity contribution >= 4 is 0 Å². The van der Waals surface area contributed by atoms with Crippen LogP contribution >= 0.6 is 0 Å². The number of rotatable bonds is 3. The van der Waals surface area contributed by atoms with Gasteiger partial charge >= 0.3 is 0 Å². The fourth-order valence-electron chi connectivity index (χ4n) is 2.17. The topological polar surface area (TPSA) is 44.5 Å². The van der Waals surface area contributed by atoms with E-state index >= 15 is 0 Å². The van der Waals surface area contributed by atoms with Crippen molar-refractivity contribution in [2.75, 3.05) is 6.61 Å². The highest BCUT2D eigenvalue weighted by Crippen LogP contribution is 2.34. The van der Waals surface area contributed by atoms with Crippen molar-refractivity contribution in [2.24, 2.45) is 5.73 Å². The van der Waals surface area contributed by atoms with Crippen molar-refractivity contribution in [2.45, 2.75) is 12.6 Å². The van der Waals surface area contributed by atoms with Crippen molar-refractivity contribution in [1.29, 1.82) is 0 Å². The van der Waals surface area contributed by atoms with Gasteiger partial charge in [-0.25, -0.2) is 8.78 Å². The Kier molecular flexibility index (Phi) is 3.28. The minimum atomic E-state index is -0.619. The first-order chi connectivity index (χ1) is 9.61. The number of benzene rings is 2. The quantitative estimate of drug-likeness (QED) is 0.938. The second-order valence-electron chi connectivity index (χ2n) is 4.68. The fraction of sp³-hybridized carbons (Fsp3) is 0.200. The molecule has 20 heavy (non-hydrogen) atoms. The first kappa shape index (κ1) is 12.9. The number of fused-ring (bicyclic) bond motifs is 1. The van der Waals surface area contributed by atoms with E-state index in [2.05, 4.69) is 0 Å². The summed E-state index contributed by atoms with van der Waals surface area (Å²) in [6.45, 7) is 0.535. The molecular formula is C15H13F2NO2. The molecule has 1 heterocycles. The van der Waals surface area contributed by atoms with Crippen molar-refractivity contribution in [3.8, 4) is 11.5 Å². The summed E-state index contributed by atoms with van der Waals surface area (Å²) in [5.74, 6) is 0.0293. The molecule has 0 spiro atoms. The van der Waals surface area contributed by atoms with Crippen LogP contribution in [0.3, 0.4) is 0 Å². The van der Waals surface area contributed by atoms with Crippen molar-refractivity contribution in [1.82, 2.24) is 0 Å². The van der Waals surface area contributed by atoms with Gasteiger partial charge in [-0.05, 0) is 29.8 Å². The van der Waals surface area contributed by atoms with Crippen LogP contribution in [0.25, 0.3) is 0 Å². The molecule has 0 amide bonds. The Balaban J connectivity index is 1.72. The summed E-state index contributed by atoms with van der Waals surface area (Å²) in [6, 6.07) is 8.53. The first-order valence-corrected chi connectivity index (χ1v) is 6.22. The minimum absolute atomic E-state index is 0.0829. The molecule has 5 heteroatoms. The summed E-state index contributed by atoms with van der Waals surface area (Å²) >= 11 is 0. The Morgan fingerprint density at radius 2 is 1.90 bits per heavy atom. The molecule has 0 saturated carbocycles. The number of halogens is 2. The van der Waals surface area contributed by atoms with E-state index in [1.54, 1.807) is 12.1 Å². The highest BCUT2D eigenvalue weighted by atomic mass is 19.1. The van der Waals surface area contributed by atoms with Crippen LogP contribution in [0.5, 0.6) is 11.5 Å². The van der Waals surface area contributed by atoms with E-state index in [0.29, 0.717) is 23.7 Å². The molecule has 3 rings (SSSR count). The van der Waals surface area contributed by atoms with Crippen LogP contribution in [-0.4, -0.2) is 6.61 Å². The van der Waals surface area contributed by atoms with Gasteiger partial charge < -0.3 is 15.2 Å². The molecule has 2 N–H and O–H groups in total. The standard InChI is InChI=1S/C15H13F2NO2/c16-10-3-9(4-11(17)5-10)7-19-12-1-2-13-14(18)8-20-15(13)6-12/h1-6,14H,7-8,18H2.